The highest BCUT2D eigenvalue weighted by Crippen LogP contribution is 2.19. The molecule has 0 radical (unpaired) electrons. The Labute approximate surface area is 107 Å². The van der Waals surface area contributed by atoms with Crippen LogP contribution in [0.4, 0.5) is 4.79 Å². The molecule has 2 rings (SSSR count). The van der Waals surface area contributed by atoms with E-state index >= 15 is 0 Å². The molecular weight excluding hydrogens is 230 g/mol. The number of rotatable bonds is 3. The van der Waals surface area contributed by atoms with Crippen LogP contribution >= 0.6 is 0 Å². The molecule has 0 fully saturated rings. The molecule has 18 heavy (non-hydrogen) atoms. The van der Waals surface area contributed by atoms with Gasteiger partial charge in [-0.2, -0.15) is 0 Å². The van der Waals surface area contributed by atoms with E-state index in [4.69, 9.17) is 0 Å². The lowest BCUT2D eigenvalue weighted by atomic mass is 10.2. The fourth-order valence-corrected chi connectivity index (χ4v) is 2.21. The SMILES string of the molecule is CCNC(=O)NN1CCn2c(cnc2C(C)C)C1. The number of imidazole rings is 1. The smallest absolute Gasteiger partial charge is 0.329 e. The lowest BCUT2D eigenvalue weighted by molar-refractivity contribution is 0.148. The molecular formula is C12H21N5O. The van der Waals surface area contributed by atoms with Gasteiger partial charge in [-0.1, -0.05) is 13.8 Å². The number of carbonyl (C=O) groups is 1. The predicted octanol–water partition coefficient (Wildman–Crippen LogP) is 1.06. The third-order valence-corrected chi connectivity index (χ3v) is 3.03. The van der Waals surface area contributed by atoms with Gasteiger partial charge in [0.2, 0.25) is 0 Å². The lowest BCUT2D eigenvalue weighted by Gasteiger charge is -2.29. The molecule has 0 atom stereocenters. The number of aromatic nitrogens is 2. The molecule has 0 saturated carbocycles. The van der Waals surface area contributed by atoms with Crippen molar-refractivity contribution in [1.82, 2.24) is 25.3 Å². The van der Waals surface area contributed by atoms with Gasteiger partial charge in [0.25, 0.3) is 0 Å². The highest BCUT2D eigenvalue weighted by Gasteiger charge is 2.21. The van der Waals surface area contributed by atoms with E-state index in [1.165, 1.54) is 0 Å². The van der Waals surface area contributed by atoms with Crippen LogP contribution in [0.25, 0.3) is 0 Å². The van der Waals surface area contributed by atoms with Gasteiger partial charge in [0.1, 0.15) is 5.82 Å². The molecule has 2 amide bonds. The summed E-state index contributed by atoms with van der Waals surface area (Å²) in [5, 5.41) is 4.65. The fourth-order valence-electron chi connectivity index (χ4n) is 2.21. The summed E-state index contributed by atoms with van der Waals surface area (Å²) in [5.41, 5.74) is 4.00. The topological polar surface area (TPSA) is 62.2 Å². The first-order valence-electron chi connectivity index (χ1n) is 6.45. The van der Waals surface area contributed by atoms with Gasteiger partial charge in [-0.15, -0.1) is 0 Å². The largest absolute Gasteiger partial charge is 0.337 e. The minimum absolute atomic E-state index is 0.144. The van der Waals surface area contributed by atoms with E-state index in [1.54, 1.807) is 0 Å². The summed E-state index contributed by atoms with van der Waals surface area (Å²) in [4.78, 5) is 15.9. The normalized spacial score (nSPS) is 15.6. The van der Waals surface area contributed by atoms with Gasteiger partial charge in [-0.05, 0) is 6.92 Å². The second kappa shape index (κ2) is 5.39. The van der Waals surface area contributed by atoms with Crippen molar-refractivity contribution in [3.63, 3.8) is 0 Å². The summed E-state index contributed by atoms with van der Waals surface area (Å²) in [6.07, 6.45) is 1.90. The second-order valence-electron chi connectivity index (χ2n) is 4.81. The van der Waals surface area contributed by atoms with Gasteiger partial charge >= 0.3 is 6.03 Å². The minimum Gasteiger partial charge on any atom is -0.337 e. The molecule has 1 aliphatic heterocycles. The van der Waals surface area contributed by atoms with Crippen LogP contribution in [-0.2, 0) is 13.1 Å². The van der Waals surface area contributed by atoms with Gasteiger partial charge in [0, 0.05) is 31.7 Å². The molecule has 6 heteroatoms. The molecule has 1 aliphatic rings. The van der Waals surface area contributed by atoms with Crippen LogP contribution in [0.2, 0.25) is 0 Å². The molecule has 0 unspecified atom stereocenters. The van der Waals surface area contributed by atoms with Crippen molar-refractivity contribution in [1.29, 1.82) is 0 Å². The number of nitrogens with one attached hydrogen (secondary N) is 2. The predicted molar refractivity (Wildman–Crippen MR) is 68.9 cm³/mol. The Bertz CT molecular complexity index is 426. The summed E-state index contributed by atoms with van der Waals surface area (Å²) in [6.45, 7) is 9.21. The number of hydrogen-bond donors (Lipinski definition) is 2. The van der Waals surface area contributed by atoms with E-state index in [2.05, 4.69) is 34.1 Å². The third kappa shape index (κ3) is 2.64. The number of fused-ring (bicyclic) bond motifs is 1. The first-order valence-corrected chi connectivity index (χ1v) is 6.45. The number of hydrazine groups is 1. The van der Waals surface area contributed by atoms with Gasteiger partial charge in [-0.25, -0.2) is 14.8 Å². The second-order valence-corrected chi connectivity index (χ2v) is 4.81. The third-order valence-electron chi connectivity index (χ3n) is 3.03. The zero-order valence-electron chi connectivity index (χ0n) is 11.2. The monoisotopic (exact) mass is 251 g/mol. The lowest BCUT2D eigenvalue weighted by Crippen LogP contribution is -2.50. The zero-order valence-corrected chi connectivity index (χ0v) is 11.2. The zero-order chi connectivity index (χ0) is 13.1. The molecule has 6 nitrogen and oxygen atoms in total. The van der Waals surface area contributed by atoms with Crippen LogP contribution in [0.15, 0.2) is 6.20 Å². The van der Waals surface area contributed by atoms with E-state index < -0.39 is 0 Å². The summed E-state index contributed by atoms with van der Waals surface area (Å²) < 4.78 is 2.25. The maximum atomic E-state index is 11.5. The minimum atomic E-state index is -0.144. The highest BCUT2D eigenvalue weighted by atomic mass is 16.2. The van der Waals surface area contributed by atoms with Crippen LogP contribution < -0.4 is 10.7 Å². The average molecular weight is 251 g/mol. The van der Waals surface area contributed by atoms with Gasteiger partial charge < -0.3 is 9.88 Å². The quantitative estimate of drug-likeness (QED) is 0.844. The molecule has 0 saturated heterocycles. The average Bonchev–Trinajstić information content (AvgIpc) is 2.72. The van der Waals surface area contributed by atoms with E-state index in [9.17, 15) is 4.79 Å². The molecule has 0 aromatic carbocycles. The van der Waals surface area contributed by atoms with Crippen molar-refractivity contribution < 1.29 is 4.79 Å². The molecule has 0 spiro atoms. The highest BCUT2D eigenvalue weighted by molar-refractivity contribution is 5.73. The van der Waals surface area contributed by atoms with Crippen molar-refractivity contribution in [2.75, 3.05) is 13.1 Å². The Hall–Kier alpha value is -1.56. The Morgan fingerprint density at radius 3 is 2.94 bits per heavy atom. The van der Waals surface area contributed by atoms with Crippen molar-refractivity contribution in [3.05, 3.63) is 17.7 Å². The Kier molecular flexibility index (Phi) is 3.86. The Morgan fingerprint density at radius 1 is 1.50 bits per heavy atom. The number of carbonyl (C=O) groups excluding carboxylic acids is 1. The van der Waals surface area contributed by atoms with Crippen molar-refractivity contribution >= 4 is 6.03 Å². The molecule has 100 valence electrons. The maximum absolute atomic E-state index is 11.5. The van der Waals surface area contributed by atoms with Gasteiger partial charge in [-0.3, -0.25) is 5.43 Å². The van der Waals surface area contributed by atoms with E-state index in [0.717, 1.165) is 24.6 Å². The molecule has 0 bridgehead atoms. The number of nitrogens with zero attached hydrogens (tertiary/aromatic N) is 3. The van der Waals surface area contributed by atoms with E-state index in [-0.39, 0.29) is 6.03 Å². The van der Waals surface area contributed by atoms with Gasteiger partial charge in [0.05, 0.1) is 12.2 Å². The Morgan fingerprint density at radius 2 is 2.28 bits per heavy atom. The number of hydrogen-bond acceptors (Lipinski definition) is 3. The van der Waals surface area contributed by atoms with Crippen molar-refractivity contribution in [3.8, 4) is 0 Å². The molecule has 1 aromatic heterocycles. The first-order chi connectivity index (χ1) is 8.61. The summed E-state index contributed by atoms with van der Waals surface area (Å²) in [5.74, 6) is 1.56. The van der Waals surface area contributed by atoms with Crippen molar-refractivity contribution in [2.24, 2.45) is 0 Å². The van der Waals surface area contributed by atoms with Crippen LogP contribution in [0.3, 0.4) is 0 Å². The van der Waals surface area contributed by atoms with Crippen LogP contribution in [0.5, 0.6) is 0 Å². The number of amides is 2. The summed E-state index contributed by atoms with van der Waals surface area (Å²) >= 11 is 0. The van der Waals surface area contributed by atoms with Crippen molar-refractivity contribution in [2.45, 2.75) is 39.8 Å². The first kappa shape index (κ1) is 12.9. The van der Waals surface area contributed by atoms with Crippen LogP contribution in [0, 0.1) is 0 Å². The van der Waals surface area contributed by atoms with E-state index in [1.807, 2.05) is 18.1 Å². The van der Waals surface area contributed by atoms with Gasteiger partial charge in [0.15, 0.2) is 0 Å². The molecule has 1 aromatic rings. The molecule has 0 aliphatic carbocycles. The molecule has 2 heterocycles. The Balaban J connectivity index is 2.00. The summed E-state index contributed by atoms with van der Waals surface area (Å²) in [6, 6.07) is -0.144. The standard InChI is InChI=1S/C12H21N5O/c1-4-13-12(18)15-16-5-6-17-10(8-16)7-14-11(17)9(2)3/h7,9H,4-6,8H2,1-3H3,(H2,13,15,18). The summed E-state index contributed by atoms with van der Waals surface area (Å²) in [7, 11) is 0. The maximum Gasteiger partial charge on any atom is 0.329 e. The molecule has 2 N–H and O–H groups in total. The number of urea groups is 1. The van der Waals surface area contributed by atoms with Crippen LogP contribution in [0.1, 0.15) is 38.2 Å². The van der Waals surface area contributed by atoms with Crippen LogP contribution in [-0.4, -0.2) is 33.7 Å². The van der Waals surface area contributed by atoms with E-state index in [0.29, 0.717) is 19.0 Å². The fraction of sp³-hybridized carbons (Fsp3) is 0.667.